The van der Waals surface area contributed by atoms with Crippen LogP contribution in [0, 0.1) is 13.8 Å². The molecule has 0 bridgehead atoms. The van der Waals surface area contributed by atoms with E-state index in [0.717, 1.165) is 23.3 Å². The lowest BCUT2D eigenvalue weighted by Gasteiger charge is -2.29. The Kier molecular flexibility index (Phi) is 6.31. The molecule has 1 fully saturated rings. The van der Waals surface area contributed by atoms with Gasteiger partial charge >= 0.3 is 6.18 Å². The lowest BCUT2D eigenvalue weighted by molar-refractivity contribution is -0.137. The molecule has 0 aliphatic carbocycles. The number of aromatic nitrogens is 5. The van der Waals surface area contributed by atoms with Crippen molar-refractivity contribution in [3.05, 3.63) is 71.9 Å². The van der Waals surface area contributed by atoms with Gasteiger partial charge in [0.1, 0.15) is 11.6 Å². The molecule has 1 saturated heterocycles. The van der Waals surface area contributed by atoms with Crippen LogP contribution >= 0.6 is 0 Å². The Morgan fingerprint density at radius 1 is 0.917 bits per heavy atom. The molecule has 0 radical (unpaired) electrons. The second-order valence-corrected chi connectivity index (χ2v) is 8.42. The molecule has 5 rings (SSSR count). The van der Waals surface area contributed by atoms with Gasteiger partial charge in [-0.1, -0.05) is 0 Å². The predicted molar refractivity (Wildman–Crippen MR) is 130 cm³/mol. The fourth-order valence-electron chi connectivity index (χ4n) is 4.09. The monoisotopic (exact) mass is 495 g/mol. The second kappa shape index (κ2) is 9.57. The van der Waals surface area contributed by atoms with Crippen LogP contribution in [0.4, 0.5) is 30.5 Å². The Balaban J connectivity index is 1.42. The van der Waals surface area contributed by atoms with Crippen molar-refractivity contribution in [1.82, 2.24) is 24.7 Å². The first-order chi connectivity index (χ1) is 17.3. The number of halogens is 3. The Bertz CT molecular complexity index is 1360. The number of hydrogen-bond donors (Lipinski definition) is 1. The molecule has 1 aliphatic heterocycles. The van der Waals surface area contributed by atoms with E-state index in [1.807, 2.05) is 43.0 Å². The first-order valence-corrected chi connectivity index (χ1v) is 11.4. The van der Waals surface area contributed by atoms with Crippen LogP contribution in [0.1, 0.15) is 17.2 Å². The number of ether oxygens (including phenoxy) is 1. The molecule has 1 aliphatic rings. The number of morpholine rings is 1. The fraction of sp³-hybridized carbons (Fsp3) is 0.280. The van der Waals surface area contributed by atoms with Gasteiger partial charge in [-0.05, 0) is 62.4 Å². The molecule has 186 valence electrons. The molecule has 0 saturated carbocycles. The minimum Gasteiger partial charge on any atom is -0.378 e. The van der Waals surface area contributed by atoms with Crippen molar-refractivity contribution in [3.8, 4) is 16.9 Å². The largest absolute Gasteiger partial charge is 0.416 e. The van der Waals surface area contributed by atoms with Gasteiger partial charge in [-0.15, -0.1) is 0 Å². The van der Waals surface area contributed by atoms with E-state index in [1.54, 1.807) is 16.8 Å². The summed E-state index contributed by atoms with van der Waals surface area (Å²) in [6.45, 7) is 5.72. The van der Waals surface area contributed by atoms with Crippen molar-refractivity contribution in [2.75, 3.05) is 36.5 Å². The van der Waals surface area contributed by atoms with Crippen LogP contribution in [0.5, 0.6) is 0 Å². The lowest BCUT2D eigenvalue weighted by atomic mass is 10.0. The van der Waals surface area contributed by atoms with E-state index in [4.69, 9.17) is 4.74 Å². The standard InChI is InChI=1S/C25H24F3N7O/c1-16-30-17(2)35(33-16)21-5-3-20(4-6-21)31-24-29-8-7-23(32-24)18-13-19(25(26,27)28)15-22(14-18)34-9-11-36-12-10-34/h3-8,13-15H,9-12H2,1-2H3,(H,29,31,32). The normalized spacial score (nSPS) is 14.2. The average Bonchev–Trinajstić information content (AvgIpc) is 3.22. The van der Waals surface area contributed by atoms with Crippen molar-refractivity contribution >= 4 is 17.3 Å². The van der Waals surface area contributed by atoms with Gasteiger partial charge in [0.15, 0.2) is 0 Å². The SMILES string of the molecule is Cc1nc(C)n(-c2ccc(Nc3nccc(-c4cc(N5CCOCC5)cc(C(F)(F)F)c4)n3)cc2)n1. The number of hydrogen-bond acceptors (Lipinski definition) is 7. The summed E-state index contributed by atoms with van der Waals surface area (Å²) in [5.74, 6) is 1.74. The number of alkyl halides is 3. The molecule has 8 nitrogen and oxygen atoms in total. The Morgan fingerprint density at radius 3 is 2.33 bits per heavy atom. The summed E-state index contributed by atoms with van der Waals surface area (Å²) in [4.78, 5) is 14.9. The maximum atomic E-state index is 13.7. The number of rotatable bonds is 5. The quantitative estimate of drug-likeness (QED) is 0.420. The summed E-state index contributed by atoms with van der Waals surface area (Å²) in [5.41, 5.74) is 2.10. The van der Waals surface area contributed by atoms with Gasteiger partial charge < -0.3 is 15.0 Å². The molecule has 11 heteroatoms. The Labute approximate surface area is 205 Å². The van der Waals surface area contributed by atoms with Crippen LogP contribution in [-0.2, 0) is 10.9 Å². The van der Waals surface area contributed by atoms with Crippen LogP contribution < -0.4 is 10.2 Å². The number of nitrogens with one attached hydrogen (secondary N) is 1. The molecule has 1 N–H and O–H groups in total. The summed E-state index contributed by atoms with van der Waals surface area (Å²) in [5, 5.41) is 7.49. The molecule has 0 spiro atoms. The molecular formula is C25H24F3N7O. The van der Waals surface area contributed by atoms with Gasteiger partial charge in [0.05, 0.1) is 30.2 Å². The lowest BCUT2D eigenvalue weighted by Crippen LogP contribution is -2.36. The summed E-state index contributed by atoms with van der Waals surface area (Å²) in [6.07, 6.45) is -2.96. The summed E-state index contributed by atoms with van der Waals surface area (Å²) < 4.78 is 48.1. The average molecular weight is 496 g/mol. The highest BCUT2D eigenvalue weighted by Gasteiger charge is 2.32. The van der Waals surface area contributed by atoms with Gasteiger partial charge in [-0.2, -0.15) is 18.3 Å². The molecule has 36 heavy (non-hydrogen) atoms. The zero-order valence-corrected chi connectivity index (χ0v) is 19.8. The van der Waals surface area contributed by atoms with Gasteiger partial charge in [0, 0.05) is 36.2 Å². The highest BCUT2D eigenvalue weighted by molar-refractivity contribution is 5.69. The molecule has 3 heterocycles. The highest BCUT2D eigenvalue weighted by Crippen LogP contribution is 2.36. The second-order valence-electron chi connectivity index (χ2n) is 8.42. The van der Waals surface area contributed by atoms with Crippen molar-refractivity contribution < 1.29 is 17.9 Å². The molecule has 4 aromatic rings. The number of benzene rings is 2. The van der Waals surface area contributed by atoms with Crippen LogP contribution in [0.3, 0.4) is 0 Å². The van der Waals surface area contributed by atoms with Gasteiger partial charge in [0.25, 0.3) is 0 Å². The van der Waals surface area contributed by atoms with E-state index in [-0.39, 0.29) is 5.95 Å². The first-order valence-electron chi connectivity index (χ1n) is 11.4. The van der Waals surface area contributed by atoms with Crippen molar-refractivity contribution in [2.24, 2.45) is 0 Å². The van der Waals surface area contributed by atoms with Crippen LogP contribution in [0.2, 0.25) is 0 Å². The first kappa shape index (κ1) is 23.7. The molecule has 2 aromatic carbocycles. The maximum Gasteiger partial charge on any atom is 0.416 e. The summed E-state index contributed by atoms with van der Waals surface area (Å²) >= 11 is 0. The van der Waals surface area contributed by atoms with Gasteiger partial charge in [-0.25, -0.2) is 19.6 Å². The molecule has 0 amide bonds. The van der Waals surface area contributed by atoms with E-state index in [9.17, 15) is 13.2 Å². The third-order valence-corrected chi connectivity index (χ3v) is 5.82. The van der Waals surface area contributed by atoms with Gasteiger partial charge in [-0.3, -0.25) is 0 Å². The van der Waals surface area contributed by atoms with Crippen molar-refractivity contribution in [2.45, 2.75) is 20.0 Å². The van der Waals surface area contributed by atoms with Crippen molar-refractivity contribution in [3.63, 3.8) is 0 Å². The zero-order chi connectivity index (χ0) is 25.3. The van der Waals surface area contributed by atoms with Gasteiger partial charge in [0.2, 0.25) is 5.95 Å². The maximum absolute atomic E-state index is 13.7. The van der Waals surface area contributed by atoms with E-state index in [1.165, 1.54) is 12.3 Å². The summed E-state index contributed by atoms with van der Waals surface area (Å²) in [7, 11) is 0. The predicted octanol–water partition coefficient (Wildman–Crippen LogP) is 4.94. The Morgan fingerprint density at radius 2 is 1.67 bits per heavy atom. The number of nitrogens with zero attached hydrogens (tertiary/aromatic N) is 6. The molecule has 0 atom stereocenters. The summed E-state index contributed by atoms with van der Waals surface area (Å²) in [6, 6.07) is 13.1. The minimum atomic E-state index is -4.48. The molecular weight excluding hydrogens is 471 g/mol. The van der Waals surface area contributed by atoms with Crippen LogP contribution in [-0.4, -0.2) is 51.0 Å². The van der Waals surface area contributed by atoms with Crippen LogP contribution in [0.15, 0.2) is 54.7 Å². The van der Waals surface area contributed by atoms with E-state index in [2.05, 4.69) is 25.4 Å². The van der Waals surface area contributed by atoms with E-state index >= 15 is 0 Å². The third kappa shape index (κ3) is 5.15. The minimum absolute atomic E-state index is 0.276. The van der Waals surface area contributed by atoms with E-state index < -0.39 is 11.7 Å². The third-order valence-electron chi connectivity index (χ3n) is 5.82. The topological polar surface area (TPSA) is 81.0 Å². The van der Waals surface area contributed by atoms with Crippen molar-refractivity contribution in [1.29, 1.82) is 0 Å². The Hall–Kier alpha value is -3.99. The highest BCUT2D eigenvalue weighted by atomic mass is 19.4. The number of aryl methyl sites for hydroxylation is 2. The van der Waals surface area contributed by atoms with E-state index in [0.29, 0.717) is 49.1 Å². The zero-order valence-electron chi connectivity index (χ0n) is 19.8. The molecule has 0 unspecified atom stereocenters. The smallest absolute Gasteiger partial charge is 0.378 e. The number of anilines is 3. The molecule has 2 aromatic heterocycles. The fourth-order valence-corrected chi connectivity index (χ4v) is 4.09. The van der Waals surface area contributed by atoms with Crippen LogP contribution in [0.25, 0.3) is 16.9 Å².